The molecule has 1 aromatic heterocycles. The number of aromatic nitrogens is 1. The van der Waals surface area contributed by atoms with Crippen LogP contribution >= 0.6 is 11.6 Å². The van der Waals surface area contributed by atoms with E-state index >= 15 is 0 Å². The summed E-state index contributed by atoms with van der Waals surface area (Å²) in [5, 5.41) is 0.603. The van der Waals surface area contributed by atoms with E-state index in [2.05, 4.69) is 4.90 Å². The standard InChI is InChI=1S/C22H27ClN4O2/c1-21(2,3)29-20(28)26-10-8-22(9-11-26)14-27(17-7-5-4-6-16(17)24)18-12-15(23)13-25-19(18)22/h4-7,12-13H,8-11,14,24H2,1-3H3. The number of piperidine rings is 1. The maximum atomic E-state index is 12.5. The Labute approximate surface area is 176 Å². The smallest absolute Gasteiger partial charge is 0.410 e. The van der Waals surface area contributed by atoms with E-state index in [9.17, 15) is 4.79 Å². The quantitative estimate of drug-likeness (QED) is 0.682. The number of carbonyl (C=O) groups is 1. The van der Waals surface area contributed by atoms with Gasteiger partial charge in [0.1, 0.15) is 5.60 Å². The first kappa shape index (κ1) is 19.8. The predicted molar refractivity (Wildman–Crippen MR) is 116 cm³/mol. The summed E-state index contributed by atoms with van der Waals surface area (Å²) in [5.41, 5.74) is 9.36. The molecule has 0 bridgehead atoms. The van der Waals surface area contributed by atoms with Gasteiger partial charge in [0, 0.05) is 31.2 Å². The highest BCUT2D eigenvalue weighted by atomic mass is 35.5. The Morgan fingerprint density at radius 2 is 1.90 bits per heavy atom. The summed E-state index contributed by atoms with van der Waals surface area (Å²) < 4.78 is 5.55. The normalized spacial score (nSPS) is 18.1. The lowest BCUT2D eigenvalue weighted by molar-refractivity contribution is 0.0169. The molecule has 4 rings (SSSR count). The van der Waals surface area contributed by atoms with Crippen molar-refractivity contribution in [2.75, 3.05) is 30.3 Å². The van der Waals surface area contributed by atoms with Gasteiger partial charge in [0.25, 0.3) is 0 Å². The van der Waals surface area contributed by atoms with Gasteiger partial charge in [-0.3, -0.25) is 4.98 Å². The van der Waals surface area contributed by atoms with Crippen molar-refractivity contribution in [1.82, 2.24) is 9.88 Å². The van der Waals surface area contributed by atoms with Crippen molar-refractivity contribution in [3.05, 3.63) is 47.2 Å². The fourth-order valence-electron chi connectivity index (χ4n) is 4.29. The number of para-hydroxylation sites is 2. The van der Waals surface area contributed by atoms with Crippen LogP contribution in [-0.4, -0.2) is 41.2 Å². The lowest BCUT2D eigenvalue weighted by Gasteiger charge is -2.39. The van der Waals surface area contributed by atoms with Crippen molar-refractivity contribution in [2.45, 2.75) is 44.6 Å². The third-order valence-corrected chi connectivity index (χ3v) is 5.89. The number of rotatable bonds is 1. The van der Waals surface area contributed by atoms with Crippen LogP contribution in [0.3, 0.4) is 0 Å². The summed E-state index contributed by atoms with van der Waals surface area (Å²) in [6.45, 7) is 7.71. The molecule has 0 aliphatic carbocycles. The van der Waals surface area contributed by atoms with Crippen LogP contribution in [-0.2, 0) is 10.2 Å². The Bertz CT molecular complexity index is 933. The van der Waals surface area contributed by atoms with E-state index in [0.29, 0.717) is 18.1 Å². The van der Waals surface area contributed by atoms with Gasteiger partial charge in [-0.25, -0.2) is 4.79 Å². The first-order valence-electron chi connectivity index (χ1n) is 9.95. The van der Waals surface area contributed by atoms with E-state index < -0.39 is 5.60 Å². The maximum absolute atomic E-state index is 12.5. The molecule has 0 saturated carbocycles. The number of hydrogen-bond donors (Lipinski definition) is 1. The zero-order valence-electron chi connectivity index (χ0n) is 17.1. The summed E-state index contributed by atoms with van der Waals surface area (Å²) in [6, 6.07) is 9.81. The largest absolute Gasteiger partial charge is 0.444 e. The van der Waals surface area contributed by atoms with Gasteiger partial charge in [0.05, 0.1) is 27.8 Å². The average Bonchev–Trinajstić information content (AvgIpc) is 2.94. The van der Waals surface area contributed by atoms with Crippen molar-refractivity contribution >= 4 is 34.8 Å². The predicted octanol–water partition coefficient (Wildman–Crippen LogP) is 4.74. The third kappa shape index (κ3) is 3.73. The number of nitrogen functional groups attached to an aromatic ring is 1. The summed E-state index contributed by atoms with van der Waals surface area (Å²) in [7, 11) is 0. The fourth-order valence-corrected chi connectivity index (χ4v) is 4.44. The van der Waals surface area contributed by atoms with Crippen LogP contribution in [0.2, 0.25) is 5.02 Å². The molecule has 0 atom stereocenters. The maximum Gasteiger partial charge on any atom is 0.410 e. The summed E-state index contributed by atoms with van der Waals surface area (Å²) >= 11 is 6.28. The van der Waals surface area contributed by atoms with Crippen LogP contribution in [0.1, 0.15) is 39.3 Å². The first-order chi connectivity index (χ1) is 13.7. The van der Waals surface area contributed by atoms with Crippen molar-refractivity contribution < 1.29 is 9.53 Å². The molecule has 7 heteroatoms. The molecule has 0 radical (unpaired) electrons. The van der Waals surface area contributed by atoms with Gasteiger partial charge < -0.3 is 20.3 Å². The van der Waals surface area contributed by atoms with Crippen molar-refractivity contribution in [3.63, 3.8) is 0 Å². The number of carbonyl (C=O) groups excluding carboxylic acids is 1. The second-order valence-electron chi connectivity index (χ2n) is 8.91. The van der Waals surface area contributed by atoms with E-state index in [4.69, 9.17) is 27.1 Å². The molecule has 0 unspecified atom stereocenters. The van der Waals surface area contributed by atoms with Crippen molar-refractivity contribution in [3.8, 4) is 0 Å². The van der Waals surface area contributed by atoms with E-state index in [-0.39, 0.29) is 11.5 Å². The molecule has 2 aliphatic heterocycles. The van der Waals surface area contributed by atoms with Gasteiger partial charge in [-0.15, -0.1) is 0 Å². The fraction of sp³-hybridized carbons (Fsp3) is 0.455. The molecule has 2 aromatic rings. The van der Waals surface area contributed by atoms with Crippen LogP contribution in [0.15, 0.2) is 36.5 Å². The van der Waals surface area contributed by atoms with Gasteiger partial charge in [0.2, 0.25) is 0 Å². The highest BCUT2D eigenvalue weighted by Crippen LogP contribution is 2.50. The number of likely N-dealkylation sites (tertiary alicyclic amines) is 1. The zero-order valence-corrected chi connectivity index (χ0v) is 17.9. The minimum Gasteiger partial charge on any atom is -0.444 e. The SMILES string of the molecule is CC(C)(C)OC(=O)N1CCC2(CC1)CN(c1ccccc1N)c1cc(Cl)cnc12. The molecule has 1 fully saturated rings. The molecule has 2 N–H and O–H groups in total. The molecule has 1 amide bonds. The van der Waals surface area contributed by atoms with Gasteiger partial charge in [0.15, 0.2) is 0 Å². The lowest BCUT2D eigenvalue weighted by Crippen LogP contribution is -2.48. The minimum atomic E-state index is -0.494. The summed E-state index contributed by atoms with van der Waals surface area (Å²) in [6.07, 6.45) is 3.09. The minimum absolute atomic E-state index is 0.138. The van der Waals surface area contributed by atoms with Gasteiger partial charge in [-0.1, -0.05) is 23.7 Å². The lowest BCUT2D eigenvalue weighted by atomic mass is 9.77. The Hall–Kier alpha value is -2.47. The van der Waals surface area contributed by atoms with Crippen molar-refractivity contribution in [1.29, 1.82) is 0 Å². The molecule has 6 nitrogen and oxygen atoms in total. The Morgan fingerprint density at radius 3 is 2.55 bits per heavy atom. The number of fused-ring (bicyclic) bond motifs is 2. The monoisotopic (exact) mass is 414 g/mol. The van der Waals surface area contributed by atoms with Gasteiger partial charge in [-0.2, -0.15) is 0 Å². The molecule has 2 aliphatic rings. The number of nitrogens with zero attached hydrogens (tertiary/aromatic N) is 3. The molecule has 29 heavy (non-hydrogen) atoms. The molecule has 1 saturated heterocycles. The number of ether oxygens (including phenoxy) is 1. The van der Waals surface area contributed by atoms with Crippen LogP contribution in [0.5, 0.6) is 0 Å². The number of nitrogens with two attached hydrogens (primary N) is 1. The number of hydrogen-bond acceptors (Lipinski definition) is 5. The second kappa shape index (κ2) is 7.10. The highest BCUT2D eigenvalue weighted by molar-refractivity contribution is 6.30. The molecule has 154 valence electrons. The van der Waals surface area contributed by atoms with Crippen LogP contribution in [0, 0.1) is 0 Å². The topological polar surface area (TPSA) is 71.7 Å². The molecule has 1 aromatic carbocycles. The molecule has 1 spiro atoms. The third-order valence-electron chi connectivity index (χ3n) is 5.69. The van der Waals surface area contributed by atoms with Crippen LogP contribution < -0.4 is 10.6 Å². The Kier molecular flexibility index (Phi) is 4.85. The Balaban J connectivity index is 1.62. The van der Waals surface area contributed by atoms with Crippen LogP contribution in [0.25, 0.3) is 0 Å². The van der Waals surface area contributed by atoms with Gasteiger partial charge >= 0.3 is 6.09 Å². The number of halogens is 1. The molecule has 3 heterocycles. The van der Waals surface area contributed by atoms with E-state index in [0.717, 1.165) is 42.1 Å². The zero-order chi connectivity index (χ0) is 20.8. The molecular formula is C22H27ClN4O2. The molecular weight excluding hydrogens is 388 g/mol. The van der Waals surface area contributed by atoms with E-state index in [1.165, 1.54) is 0 Å². The average molecular weight is 415 g/mol. The Morgan fingerprint density at radius 1 is 1.21 bits per heavy atom. The van der Waals surface area contributed by atoms with Gasteiger partial charge in [-0.05, 0) is 51.8 Å². The summed E-state index contributed by atoms with van der Waals surface area (Å²) in [5.74, 6) is 0. The van der Waals surface area contributed by atoms with E-state index in [1.807, 2.05) is 51.1 Å². The second-order valence-corrected chi connectivity index (χ2v) is 9.35. The van der Waals surface area contributed by atoms with Crippen molar-refractivity contribution in [2.24, 2.45) is 0 Å². The van der Waals surface area contributed by atoms with Crippen LogP contribution in [0.4, 0.5) is 21.9 Å². The highest BCUT2D eigenvalue weighted by Gasteiger charge is 2.47. The summed E-state index contributed by atoms with van der Waals surface area (Å²) in [4.78, 5) is 21.2. The first-order valence-corrected chi connectivity index (χ1v) is 10.3. The number of benzene rings is 1. The number of pyridine rings is 1. The van der Waals surface area contributed by atoms with E-state index in [1.54, 1.807) is 11.1 Å². The number of anilines is 3. The number of amides is 1.